The smallest absolute Gasteiger partial charge is 0.407 e. The fraction of sp³-hybridized carbons (Fsp3) is 0.556. The van der Waals surface area contributed by atoms with Gasteiger partial charge >= 0.3 is 6.09 Å². The number of hydrogen-bond donors (Lipinski definition) is 1. The van der Waals surface area contributed by atoms with Crippen LogP contribution in [0.2, 0.25) is 0 Å². The van der Waals surface area contributed by atoms with Gasteiger partial charge in [0.05, 0.1) is 0 Å². The Morgan fingerprint density at radius 1 is 1.13 bits per heavy atom. The van der Waals surface area contributed by atoms with Gasteiger partial charge in [0.2, 0.25) is 5.91 Å². The van der Waals surface area contributed by atoms with E-state index in [1.54, 1.807) is 19.0 Å². The third-order valence-corrected chi connectivity index (χ3v) is 4.34. The minimum Gasteiger partial charge on any atom is -0.445 e. The molecule has 5 nitrogen and oxygen atoms in total. The van der Waals surface area contributed by atoms with Gasteiger partial charge in [0.1, 0.15) is 6.61 Å². The zero-order valence-electron chi connectivity index (χ0n) is 14.0. The molecule has 0 aromatic heterocycles. The second-order valence-corrected chi connectivity index (χ2v) is 6.42. The molecule has 0 bridgehead atoms. The van der Waals surface area contributed by atoms with E-state index in [0.29, 0.717) is 18.9 Å². The summed E-state index contributed by atoms with van der Waals surface area (Å²) >= 11 is 0. The molecule has 1 aromatic rings. The highest BCUT2D eigenvalue weighted by molar-refractivity contribution is 5.75. The van der Waals surface area contributed by atoms with Crippen LogP contribution in [-0.4, -0.2) is 37.0 Å². The molecule has 1 aliphatic carbocycles. The van der Waals surface area contributed by atoms with E-state index in [0.717, 1.165) is 31.2 Å². The fourth-order valence-corrected chi connectivity index (χ4v) is 2.87. The van der Waals surface area contributed by atoms with Gasteiger partial charge in [-0.25, -0.2) is 4.79 Å². The number of carbonyl (C=O) groups is 2. The zero-order valence-corrected chi connectivity index (χ0v) is 14.0. The molecule has 2 amide bonds. The fourth-order valence-electron chi connectivity index (χ4n) is 2.87. The molecule has 126 valence electrons. The summed E-state index contributed by atoms with van der Waals surface area (Å²) in [5, 5.41) is 2.93. The van der Waals surface area contributed by atoms with Crippen LogP contribution in [0.5, 0.6) is 0 Å². The second-order valence-electron chi connectivity index (χ2n) is 6.42. The zero-order chi connectivity index (χ0) is 16.7. The first-order valence-electron chi connectivity index (χ1n) is 8.22. The van der Waals surface area contributed by atoms with Crippen LogP contribution >= 0.6 is 0 Å². The molecule has 0 unspecified atom stereocenters. The minimum atomic E-state index is -0.360. The van der Waals surface area contributed by atoms with E-state index in [4.69, 9.17) is 4.74 Å². The molecule has 0 spiro atoms. The Hall–Kier alpha value is -2.04. The largest absolute Gasteiger partial charge is 0.445 e. The van der Waals surface area contributed by atoms with Crippen molar-refractivity contribution in [3.63, 3.8) is 0 Å². The van der Waals surface area contributed by atoms with Crippen LogP contribution in [0, 0.1) is 5.92 Å². The van der Waals surface area contributed by atoms with Crippen molar-refractivity contribution in [1.82, 2.24) is 10.2 Å². The van der Waals surface area contributed by atoms with Crippen LogP contribution in [0.25, 0.3) is 0 Å². The molecule has 0 saturated heterocycles. The van der Waals surface area contributed by atoms with E-state index >= 15 is 0 Å². The lowest BCUT2D eigenvalue weighted by Gasteiger charge is -2.29. The Morgan fingerprint density at radius 2 is 1.78 bits per heavy atom. The summed E-state index contributed by atoms with van der Waals surface area (Å²) in [5.74, 6) is 0.618. The highest BCUT2D eigenvalue weighted by atomic mass is 16.5. The van der Waals surface area contributed by atoms with Gasteiger partial charge in [-0.3, -0.25) is 4.79 Å². The summed E-state index contributed by atoms with van der Waals surface area (Å²) in [7, 11) is 3.58. The van der Waals surface area contributed by atoms with Gasteiger partial charge in [-0.2, -0.15) is 0 Å². The van der Waals surface area contributed by atoms with Crippen LogP contribution in [0.3, 0.4) is 0 Å². The third-order valence-electron chi connectivity index (χ3n) is 4.34. The molecule has 1 fully saturated rings. The van der Waals surface area contributed by atoms with Gasteiger partial charge in [0.15, 0.2) is 0 Å². The molecule has 1 aliphatic rings. The van der Waals surface area contributed by atoms with Crippen molar-refractivity contribution in [1.29, 1.82) is 0 Å². The van der Waals surface area contributed by atoms with Crippen molar-refractivity contribution >= 4 is 12.0 Å². The van der Waals surface area contributed by atoms with E-state index in [2.05, 4.69) is 5.32 Å². The predicted molar refractivity (Wildman–Crippen MR) is 88.8 cm³/mol. The van der Waals surface area contributed by atoms with Gasteiger partial charge in [0.25, 0.3) is 0 Å². The first-order chi connectivity index (χ1) is 11.0. The molecule has 1 saturated carbocycles. The third kappa shape index (κ3) is 5.93. The standard InChI is InChI=1S/C18H26N2O3/c1-20(2)17(21)12-14-8-10-16(11-9-14)19-18(22)23-13-15-6-4-3-5-7-15/h3-7,14,16H,8-13H2,1-2H3,(H,19,22). The van der Waals surface area contributed by atoms with Crippen molar-refractivity contribution in [2.45, 2.75) is 44.8 Å². The number of ether oxygens (including phenoxy) is 1. The minimum absolute atomic E-state index is 0.156. The molecule has 0 heterocycles. The molecule has 1 N–H and O–H groups in total. The average molecular weight is 318 g/mol. The molecular formula is C18H26N2O3. The number of nitrogens with one attached hydrogen (secondary N) is 1. The summed E-state index contributed by atoms with van der Waals surface area (Å²) in [6.45, 7) is 0.291. The lowest BCUT2D eigenvalue weighted by atomic mass is 9.84. The highest BCUT2D eigenvalue weighted by Gasteiger charge is 2.24. The number of benzene rings is 1. The maximum absolute atomic E-state index is 11.8. The van der Waals surface area contributed by atoms with Gasteiger partial charge in [-0.05, 0) is 37.2 Å². The number of rotatable bonds is 5. The summed E-state index contributed by atoms with van der Waals surface area (Å²) in [6.07, 6.45) is 4.02. The molecular weight excluding hydrogens is 292 g/mol. The number of hydrogen-bond acceptors (Lipinski definition) is 3. The normalized spacial score (nSPS) is 20.6. The number of alkyl carbamates (subject to hydrolysis) is 1. The van der Waals surface area contributed by atoms with Crippen molar-refractivity contribution in [2.75, 3.05) is 14.1 Å². The van der Waals surface area contributed by atoms with E-state index in [-0.39, 0.29) is 18.0 Å². The average Bonchev–Trinajstić information content (AvgIpc) is 2.55. The van der Waals surface area contributed by atoms with Crippen LogP contribution < -0.4 is 5.32 Å². The highest BCUT2D eigenvalue weighted by Crippen LogP contribution is 2.27. The van der Waals surface area contributed by atoms with Crippen LogP contribution in [-0.2, 0) is 16.1 Å². The van der Waals surface area contributed by atoms with Gasteiger partial charge in [-0.1, -0.05) is 30.3 Å². The van der Waals surface area contributed by atoms with Crippen molar-refractivity contribution < 1.29 is 14.3 Å². The number of carbonyl (C=O) groups excluding carboxylic acids is 2. The van der Waals surface area contributed by atoms with E-state index in [9.17, 15) is 9.59 Å². The van der Waals surface area contributed by atoms with Crippen LogP contribution in [0.1, 0.15) is 37.7 Å². The topological polar surface area (TPSA) is 58.6 Å². The maximum Gasteiger partial charge on any atom is 0.407 e. The Kier molecular flexibility index (Phi) is 6.44. The van der Waals surface area contributed by atoms with Gasteiger partial charge in [0, 0.05) is 26.6 Å². The summed E-state index contributed by atoms with van der Waals surface area (Å²) in [6, 6.07) is 9.80. The van der Waals surface area contributed by atoms with Gasteiger partial charge in [-0.15, -0.1) is 0 Å². The van der Waals surface area contributed by atoms with Crippen molar-refractivity contribution in [2.24, 2.45) is 5.92 Å². The summed E-state index contributed by atoms with van der Waals surface area (Å²) < 4.78 is 5.24. The lowest BCUT2D eigenvalue weighted by Crippen LogP contribution is -2.38. The summed E-state index contributed by atoms with van der Waals surface area (Å²) in [4.78, 5) is 25.2. The second kappa shape index (κ2) is 8.56. The number of amides is 2. The molecule has 1 aromatic carbocycles. The maximum atomic E-state index is 11.8. The van der Waals surface area contributed by atoms with E-state index in [1.807, 2.05) is 30.3 Å². The SMILES string of the molecule is CN(C)C(=O)CC1CCC(NC(=O)OCc2ccccc2)CC1. The first kappa shape index (κ1) is 17.3. The lowest BCUT2D eigenvalue weighted by molar-refractivity contribution is -0.129. The first-order valence-corrected chi connectivity index (χ1v) is 8.22. The quantitative estimate of drug-likeness (QED) is 0.908. The number of nitrogens with zero attached hydrogens (tertiary/aromatic N) is 1. The Balaban J connectivity index is 1.65. The Bertz CT molecular complexity index is 508. The Labute approximate surface area is 138 Å². The molecule has 0 atom stereocenters. The van der Waals surface area contributed by atoms with Crippen LogP contribution in [0.4, 0.5) is 4.79 Å². The molecule has 5 heteroatoms. The molecule has 0 radical (unpaired) electrons. The summed E-state index contributed by atoms with van der Waals surface area (Å²) in [5.41, 5.74) is 0.980. The van der Waals surface area contributed by atoms with E-state index < -0.39 is 0 Å². The monoisotopic (exact) mass is 318 g/mol. The molecule has 2 rings (SSSR count). The van der Waals surface area contributed by atoms with Crippen molar-refractivity contribution in [3.8, 4) is 0 Å². The molecule has 0 aliphatic heterocycles. The van der Waals surface area contributed by atoms with Crippen molar-refractivity contribution in [3.05, 3.63) is 35.9 Å². The molecule has 23 heavy (non-hydrogen) atoms. The van der Waals surface area contributed by atoms with Crippen LogP contribution in [0.15, 0.2) is 30.3 Å². The van der Waals surface area contributed by atoms with Gasteiger partial charge < -0.3 is 15.0 Å². The Morgan fingerprint density at radius 3 is 2.39 bits per heavy atom. The predicted octanol–water partition coefficient (Wildman–Crippen LogP) is 2.95. The van der Waals surface area contributed by atoms with E-state index in [1.165, 1.54) is 0 Å².